The summed E-state index contributed by atoms with van der Waals surface area (Å²) in [6.07, 6.45) is 1.59. The largest absolute Gasteiger partial charge is 0.494 e. The molecule has 0 atom stereocenters. The van der Waals surface area contributed by atoms with Crippen LogP contribution in [0.15, 0.2) is 81.6 Å². The van der Waals surface area contributed by atoms with Gasteiger partial charge in [0.2, 0.25) is 9.84 Å². The lowest BCUT2D eigenvalue weighted by Gasteiger charge is -2.09. The van der Waals surface area contributed by atoms with Gasteiger partial charge in [0.15, 0.2) is 5.65 Å². The lowest BCUT2D eigenvalue weighted by molar-refractivity contribution is 0.340. The molecule has 5 rings (SSSR count). The summed E-state index contributed by atoms with van der Waals surface area (Å²) in [5.41, 5.74) is 10.3. The van der Waals surface area contributed by atoms with Gasteiger partial charge in [-0.2, -0.15) is 9.78 Å². The van der Waals surface area contributed by atoms with E-state index in [2.05, 4.69) is 15.1 Å². The van der Waals surface area contributed by atoms with Gasteiger partial charge in [0, 0.05) is 0 Å². The maximum atomic E-state index is 13.9. The van der Waals surface area contributed by atoms with E-state index in [0.29, 0.717) is 23.2 Å². The van der Waals surface area contributed by atoms with Gasteiger partial charge in [-0.15, -0.1) is 0 Å². The molecule has 0 saturated carbocycles. The fourth-order valence-electron chi connectivity index (χ4n) is 4.05. The van der Waals surface area contributed by atoms with Crippen molar-refractivity contribution >= 4 is 44.1 Å². The lowest BCUT2D eigenvalue weighted by Crippen LogP contribution is -2.08. The van der Waals surface area contributed by atoms with Crippen LogP contribution in [0.25, 0.3) is 22.2 Å². The van der Waals surface area contributed by atoms with Crippen molar-refractivity contribution in [3.8, 4) is 5.75 Å². The van der Waals surface area contributed by atoms with Gasteiger partial charge in [-0.25, -0.2) is 18.4 Å². The van der Waals surface area contributed by atoms with E-state index in [1.54, 1.807) is 31.3 Å². The van der Waals surface area contributed by atoms with Crippen LogP contribution in [0.1, 0.15) is 23.6 Å². The van der Waals surface area contributed by atoms with E-state index in [1.165, 1.54) is 4.68 Å². The van der Waals surface area contributed by atoms with Crippen molar-refractivity contribution in [2.45, 2.75) is 30.6 Å². The number of nitrogen functional groups attached to an aromatic ring is 1. The Hall–Kier alpha value is -4.24. The maximum absolute atomic E-state index is 13.9. The highest BCUT2D eigenvalue weighted by molar-refractivity contribution is 7.92. The third-order valence-corrected chi connectivity index (χ3v) is 7.80. The van der Waals surface area contributed by atoms with Crippen LogP contribution in [0.5, 0.6) is 5.75 Å². The molecule has 0 aliphatic carbocycles. The zero-order valence-corrected chi connectivity index (χ0v) is 21.0. The average molecular weight is 500 g/mol. The van der Waals surface area contributed by atoms with Gasteiger partial charge >= 0.3 is 0 Å². The second-order valence-corrected chi connectivity index (χ2v) is 10.3. The Morgan fingerprint density at radius 3 is 2.39 bits per heavy atom. The molecular formula is C27H25N5O3S. The van der Waals surface area contributed by atoms with Crippen LogP contribution in [0, 0.1) is 13.8 Å². The van der Waals surface area contributed by atoms with Crippen molar-refractivity contribution < 1.29 is 13.2 Å². The van der Waals surface area contributed by atoms with Crippen molar-refractivity contribution in [1.82, 2.24) is 14.6 Å². The van der Waals surface area contributed by atoms with Crippen molar-refractivity contribution in [3.63, 3.8) is 0 Å². The van der Waals surface area contributed by atoms with Crippen LogP contribution in [-0.2, 0) is 9.84 Å². The van der Waals surface area contributed by atoms with E-state index in [4.69, 9.17) is 10.5 Å². The molecule has 0 unspecified atom stereocenters. The van der Waals surface area contributed by atoms with Crippen molar-refractivity contribution in [2.24, 2.45) is 5.10 Å². The number of aryl methyl sites for hydroxylation is 2. The number of hydrogen-bond acceptors (Lipinski definition) is 7. The normalized spacial score (nSPS) is 12.1. The smallest absolute Gasteiger partial charge is 0.212 e. The minimum Gasteiger partial charge on any atom is -0.494 e. The van der Waals surface area contributed by atoms with Gasteiger partial charge in [-0.3, -0.25) is 0 Å². The Balaban J connectivity index is 1.74. The highest BCUT2D eigenvalue weighted by Gasteiger charge is 2.31. The molecule has 2 aromatic heterocycles. The molecule has 2 heterocycles. The Kier molecular flexibility index (Phi) is 5.93. The van der Waals surface area contributed by atoms with E-state index >= 15 is 0 Å². The van der Waals surface area contributed by atoms with E-state index in [1.807, 2.05) is 62.4 Å². The summed E-state index contributed by atoms with van der Waals surface area (Å²) in [6, 6.07) is 19.9. The Bertz CT molecular complexity index is 1740. The molecule has 0 saturated heterocycles. The zero-order valence-electron chi connectivity index (χ0n) is 20.1. The van der Waals surface area contributed by atoms with Crippen LogP contribution in [0.3, 0.4) is 0 Å². The molecule has 0 fully saturated rings. The van der Waals surface area contributed by atoms with Crippen molar-refractivity contribution in [1.29, 1.82) is 0 Å². The molecule has 0 amide bonds. The predicted octanol–water partition coefficient (Wildman–Crippen LogP) is 4.90. The summed E-state index contributed by atoms with van der Waals surface area (Å²) in [7, 11) is -4.03. The van der Waals surface area contributed by atoms with Crippen LogP contribution in [-0.4, -0.2) is 35.9 Å². The number of nitrogens with zero attached hydrogens (tertiary/aromatic N) is 4. The molecule has 5 aromatic rings. The van der Waals surface area contributed by atoms with Crippen LogP contribution in [0.4, 0.5) is 5.82 Å². The van der Waals surface area contributed by atoms with Crippen molar-refractivity contribution in [3.05, 3.63) is 83.4 Å². The zero-order chi connectivity index (χ0) is 25.4. The predicted molar refractivity (Wildman–Crippen MR) is 141 cm³/mol. The van der Waals surface area contributed by atoms with Gasteiger partial charge in [-0.1, -0.05) is 24.3 Å². The van der Waals surface area contributed by atoms with Crippen molar-refractivity contribution in [2.75, 3.05) is 12.3 Å². The number of anilines is 1. The highest BCUT2D eigenvalue weighted by atomic mass is 32.2. The summed E-state index contributed by atoms with van der Waals surface area (Å²) in [4.78, 5) is 9.41. The standard InChI is InChI=1S/C27H25N5O3S/c1-4-35-20-13-11-19(12-14-20)16-29-32-26(28)25(36(33,34)23-15-17(2)9-10-18(23)3)24-27(32)31-22-8-6-5-7-21(22)30-24/h5-16H,4,28H2,1-3H3/b29-16-. The molecule has 36 heavy (non-hydrogen) atoms. The number of benzene rings is 3. The molecule has 9 heteroatoms. The van der Waals surface area contributed by atoms with E-state index < -0.39 is 9.84 Å². The molecule has 3 aromatic carbocycles. The molecule has 0 bridgehead atoms. The number of fused-ring (bicyclic) bond motifs is 2. The molecule has 0 radical (unpaired) electrons. The number of para-hydroxylation sites is 2. The third kappa shape index (κ3) is 4.07. The first-order valence-corrected chi connectivity index (χ1v) is 12.9. The Morgan fingerprint density at radius 1 is 1.00 bits per heavy atom. The highest BCUT2D eigenvalue weighted by Crippen LogP contribution is 2.36. The molecule has 2 N–H and O–H groups in total. The maximum Gasteiger partial charge on any atom is 0.212 e. The summed E-state index contributed by atoms with van der Waals surface area (Å²) >= 11 is 0. The minimum atomic E-state index is -4.03. The van der Waals surface area contributed by atoms with Gasteiger partial charge in [0.05, 0.1) is 28.8 Å². The fraction of sp³-hybridized carbons (Fsp3) is 0.148. The molecule has 0 aliphatic rings. The second-order valence-electron chi connectivity index (χ2n) is 8.43. The molecule has 8 nitrogen and oxygen atoms in total. The molecule has 0 aliphatic heterocycles. The molecular weight excluding hydrogens is 474 g/mol. The lowest BCUT2D eigenvalue weighted by atomic mass is 10.2. The summed E-state index contributed by atoms with van der Waals surface area (Å²) in [6.45, 7) is 6.10. The van der Waals surface area contributed by atoms with Crippen LogP contribution >= 0.6 is 0 Å². The van der Waals surface area contributed by atoms with E-state index in [-0.39, 0.29) is 26.8 Å². The molecule has 0 spiro atoms. The minimum absolute atomic E-state index is 0.0524. The summed E-state index contributed by atoms with van der Waals surface area (Å²) in [5.74, 6) is 0.697. The first kappa shape index (κ1) is 23.5. The number of rotatable bonds is 6. The fourth-order valence-corrected chi connectivity index (χ4v) is 5.86. The summed E-state index contributed by atoms with van der Waals surface area (Å²) in [5, 5.41) is 4.51. The second kappa shape index (κ2) is 9.09. The third-order valence-electron chi connectivity index (χ3n) is 5.84. The number of hydrogen-bond donors (Lipinski definition) is 1. The van der Waals surface area contributed by atoms with Gasteiger partial charge in [0.25, 0.3) is 0 Å². The average Bonchev–Trinajstić information content (AvgIpc) is 3.14. The Labute approximate surface area is 209 Å². The van der Waals surface area contributed by atoms with Gasteiger partial charge in [0.1, 0.15) is 22.0 Å². The van der Waals surface area contributed by atoms with Crippen LogP contribution in [0.2, 0.25) is 0 Å². The Morgan fingerprint density at radius 2 is 1.69 bits per heavy atom. The van der Waals surface area contributed by atoms with E-state index in [0.717, 1.165) is 16.9 Å². The first-order valence-electron chi connectivity index (χ1n) is 11.5. The number of nitrogens with two attached hydrogens (primary N) is 1. The molecule has 182 valence electrons. The van der Waals surface area contributed by atoms with Gasteiger partial charge < -0.3 is 10.5 Å². The monoisotopic (exact) mass is 499 g/mol. The summed E-state index contributed by atoms with van der Waals surface area (Å²) < 4.78 is 34.7. The first-order chi connectivity index (χ1) is 17.3. The SMILES string of the molecule is CCOc1ccc(/C=N\n2c(N)c(S(=O)(=O)c3cc(C)ccc3C)c3nc4ccccc4nc32)cc1. The van der Waals surface area contributed by atoms with Gasteiger partial charge in [-0.05, 0) is 79.9 Å². The number of ether oxygens (including phenoxy) is 1. The number of aromatic nitrogens is 3. The topological polar surface area (TPSA) is 112 Å². The quantitative estimate of drug-likeness (QED) is 0.333. The van der Waals surface area contributed by atoms with E-state index in [9.17, 15) is 8.42 Å². The number of sulfone groups is 1. The van der Waals surface area contributed by atoms with Crippen LogP contribution < -0.4 is 10.5 Å².